The van der Waals surface area contributed by atoms with Gasteiger partial charge in [-0.05, 0) is 53.9 Å². The van der Waals surface area contributed by atoms with Gasteiger partial charge in [0.25, 0.3) is 5.56 Å². The molecule has 0 fully saturated rings. The van der Waals surface area contributed by atoms with Crippen LogP contribution >= 0.6 is 0 Å². The Morgan fingerprint density at radius 1 is 1.09 bits per heavy atom. The first-order valence-electron chi connectivity index (χ1n) is 10.8. The first-order chi connectivity index (χ1) is 16.6. The monoisotopic (exact) mass is 454 g/mol. The van der Waals surface area contributed by atoms with Gasteiger partial charge in [0.1, 0.15) is 17.1 Å². The number of hydrogen-bond donors (Lipinski definition) is 1. The molecule has 0 saturated heterocycles. The topological polar surface area (TPSA) is 90.1 Å². The Morgan fingerprint density at radius 2 is 1.94 bits per heavy atom. The Bertz CT molecular complexity index is 1730. The second-order valence-electron chi connectivity index (χ2n) is 8.02. The van der Waals surface area contributed by atoms with Crippen LogP contribution in [0.4, 0.5) is 4.39 Å². The van der Waals surface area contributed by atoms with Gasteiger partial charge in [-0.2, -0.15) is 5.10 Å². The van der Waals surface area contributed by atoms with Crippen molar-refractivity contribution in [2.45, 2.75) is 13.0 Å². The van der Waals surface area contributed by atoms with Crippen LogP contribution in [0.2, 0.25) is 0 Å². The zero-order chi connectivity index (χ0) is 23.2. The van der Waals surface area contributed by atoms with Crippen LogP contribution in [-0.4, -0.2) is 36.5 Å². The molecule has 168 valence electrons. The van der Waals surface area contributed by atoms with Gasteiger partial charge >= 0.3 is 0 Å². The molecule has 2 aromatic carbocycles. The Hall–Kier alpha value is -4.53. The molecule has 34 heavy (non-hydrogen) atoms. The van der Waals surface area contributed by atoms with Gasteiger partial charge in [-0.1, -0.05) is 12.1 Å². The van der Waals surface area contributed by atoms with Crippen molar-refractivity contribution in [2.24, 2.45) is 0 Å². The first-order valence-corrected chi connectivity index (χ1v) is 10.8. The second kappa shape index (κ2) is 7.80. The number of fused-ring (bicyclic) bond motifs is 4. The van der Waals surface area contributed by atoms with Crippen LogP contribution in [-0.2, 0) is 13.0 Å². The molecule has 8 nitrogen and oxygen atoms in total. The highest BCUT2D eigenvalue weighted by atomic mass is 19.1. The fourth-order valence-electron chi connectivity index (χ4n) is 4.27. The van der Waals surface area contributed by atoms with Crippen LogP contribution in [0.1, 0.15) is 5.56 Å². The largest absolute Gasteiger partial charge is 0.497 e. The van der Waals surface area contributed by atoms with E-state index in [0.29, 0.717) is 29.7 Å². The van der Waals surface area contributed by atoms with E-state index in [-0.39, 0.29) is 16.9 Å². The molecule has 0 radical (unpaired) electrons. The van der Waals surface area contributed by atoms with Crippen molar-refractivity contribution in [3.63, 3.8) is 0 Å². The van der Waals surface area contributed by atoms with E-state index in [4.69, 9.17) is 4.74 Å². The number of methoxy groups -OCH3 is 1. The van der Waals surface area contributed by atoms with Gasteiger partial charge in [0.05, 0.1) is 13.3 Å². The van der Waals surface area contributed by atoms with E-state index in [1.54, 1.807) is 40.7 Å². The summed E-state index contributed by atoms with van der Waals surface area (Å²) in [6.07, 6.45) is 6.01. The van der Waals surface area contributed by atoms with Crippen molar-refractivity contribution in [1.29, 1.82) is 0 Å². The van der Waals surface area contributed by atoms with E-state index in [0.717, 1.165) is 27.8 Å². The van der Waals surface area contributed by atoms with Crippen molar-refractivity contribution in [3.8, 4) is 16.9 Å². The van der Waals surface area contributed by atoms with Crippen molar-refractivity contribution in [2.75, 3.05) is 7.11 Å². The molecule has 1 N–H and O–H groups in total. The summed E-state index contributed by atoms with van der Waals surface area (Å²) in [5.74, 6) is 0.471. The number of H-pyrrole nitrogens is 1. The Kier molecular flexibility index (Phi) is 4.61. The summed E-state index contributed by atoms with van der Waals surface area (Å²) < 4.78 is 21.9. The summed E-state index contributed by atoms with van der Waals surface area (Å²) in [6, 6.07) is 13.8. The minimum atomic E-state index is -0.316. The molecule has 0 saturated carbocycles. The van der Waals surface area contributed by atoms with Crippen LogP contribution in [0.15, 0.2) is 71.9 Å². The van der Waals surface area contributed by atoms with Crippen molar-refractivity contribution in [1.82, 2.24) is 29.4 Å². The molecule has 6 rings (SSSR count). The number of ether oxygens (including phenoxy) is 1. The molecule has 4 heterocycles. The molecule has 0 atom stereocenters. The molecule has 0 unspecified atom stereocenters. The molecular weight excluding hydrogens is 435 g/mol. The Morgan fingerprint density at radius 3 is 2.76 bits per heavy atom. The van der Waals surface area contributed by atoms with Gasteiger partial charge < -0.3 is 14.3 Å². The molecule has 9 heteroatoms. The third kappa shape index (κ3) is 3.21. The average molecular weight is 454 g/mol. The standard InChI is InChI=1S/C25H19FN6O2/c1-34-18-6-7-21-19(12-18)16(13-27-21)8-10-31-11-9-22-23(25(31)33)29-30-24-20(14-28-32(22)24)15-2-4-17(26)5-3-15/h2-7,9,11-14,27H,8,10H2,1H3. The number of hydrogen-bond acceptors (Lipinski definition) is 5. The van der Waals surface area contributed by atoms with Crippen molar-refractivity contribution >= 4 is 27.6 Å². The molecule has 0 aliphatic rings. The maximum Gasteiger partial charge on any atom is 0.280 e. The maximum absolute atomic E-state index is 13.3. The van der Waals surface area contributed by atoms with Gasteiger partial charge in [0, 0.05) is 35.4 Å². The SMILES string of the molecule is COc1ccc2[nH]cc(CCn3ccc4c(nnc5c(-c6ccc(F)cc6)cnn54)c3=O)c2c1. The average Bonchev–Trinajstić information content (AvgIpc) is 3.48. The molecule has 0 amide bonds. The predicted molar refractivity (Wildman–Crippen MR) is 126 cm³/mol. The van der Waals surface area contributed by atoms with Gasteiger partial charge in [0.15, 0.2) is 11.2 Å². The highest BCUT2D eigenvalue weighted by Crippen LogP contribution is 2.26. The summed E-state index contributed by atoms with van der Waals surface area (Å²) in [5, 5.41) is 14.0. The third-order valence-corrected chi connectivity index (χ3v) is 6.09. The second-order valence-corrected chi connectivity index (χ2v) is 8.02. The zero-order valence-electron chi connectivity index (χ0n) is 18.2. The molecule has 4 aromatic heterocycles. The van der Waals surface area contributed by atoms with Gasteiger partial charge in [-0.15, -0.1) is 10.2 Å². The van der Waals surface area contributed by atoms with E-state index in [2.05, 4.69) is 20.3 Å². The third-order valence-electron chi connectivity index (χ3n) is 6.09. The molecule has 0 bridgehead atoms. The van der Waals surface area contributed by atoms with Crippen LogP contribution in [0.25, 0.3) is 38.7 Å². The summed E-state index contributed by atoms with van der Waals surface area (Å²) in [6.45, 7) is 0.485. The van der Waals surface area contributed by atoms with Gasteiger partial charge in [-0.3, -0.25) is 4.79 Å². The predicted octanol–water partition coefficient (Wildman–Crippen LogP) is 3.98. The number of aromatic nitrogens is 6. The zero-order valence-corrected chi connectivity index (χ0v) is 18.2. The summed E-state index contributed by atoms with van der Waals surface area (Å²) in [7, 11) is 1.64. The highest BCUT2D eigenvalue weighted by molar-refractivity contribution is 5.85. The van der Waals surface area contributed by atoms with Crippen molar-refractivity contribution < 1.29 is 9.13 Å². The van der Waals surface area contributed by atoms with Gasteiger partial charge in [0.2, 0.25) is 0 Å². The molecular formula is C25H19FN6O2. The Balaban J connectivity index is 1.35. The van der Waals surface area contributed by atoms with E-state index >= 15 is 0 Å². The number of aryl methyl sites for hydroxylation is 2. The van der Waals surface area contributed by atoms with Crippen LogP contribution in [0.3, 0.4) is 0 Å². The van der Waals surface area contributed by atoms with Gasteiger partial charge in [-0.25, -0.2) is 8.91 Å². The van der Waals surface area contributed by atoms with E-state index < -0.39 is 0 Å². The number of nitrogens with zero attached hydrogens (tertiary/aromatic N) is 5. The number of nitrogens with one attached hydrogen (secondary N) is 1. The summed E-state index contributed by atoms with van der Waals surface area (Å²) in [5.41, 5.74) is 4.68. The number of halogens is 1. The fourth-order valence-corrected chi connectivity index (χ4v) is 4.27. The smallest absolute Gasteiger partial charge is 0.280 e. The molecule has 0 aliphatic carbocycles. The summed E-state index contributed by atoms with van der Waals surface area (Å²) >= 11 is 0. The minimum absolute atomic E-state index is 0.233. The van der Waals surface area contributed by atoms with E-state index in [1.807, 2.05) is 30.5 Å². The highest BCUT2D eigenvalue weighted by Gasteiger charge is 2.15. The maximum atomic E-state index is 13.3. The van der Waals surface area contributed by atoms with E-state index in [1.165, 1.54) is 12.1 Å². The lowest BCUT2D eigenvalue weighted by molar-refractivity contribution is 0.415. The van der Waals surface area contributed by atoms with Crippen LogP contribution in [0.5, 0.6) is 5.75 Å². The molecule has 6 aromatic rings. The normalized spacial score (nSPS) is 11.6. The lowest BCUT2D eigenvalue weighted by atomic mass is 10.1. The number of pyridine rings is 1. The van der Waals surface area contributed by atoms with Crippen LogP contribution < -0.4 is 10.3 Å². The summed E-state index contributed by atoms with van der Waals surface area (Å²) in [4.78, 5) is 16.4. The quantitative estimate of drug-likeness (QED) is 0.426. The van der Waals surface area contributed by atoms with E-state index in [9.17, 15) is 9.18 Å². The van der Waals surface area contributed by atoms with Crippen molar-refractivity contribution in [3.05, 3.63) is 88.9 Å². The Labute approximate surface area is 192 Å². The lowest BCUT2D eigenvalue weighted by Gasteiger charge is -2.08. The first kappa shape index (κ1) is 20.1. The van der Waals surface area contributed by atoms with Crippen LogP contribution in [0, 0.1) is 5.82 Å². The fraction of sp³-hybridized carbons (Fsp3) is 0.120. The molecule has 0 spiro atoms. The molecule has 0 aliphatic heterocycles. The number of aromatic amines is 1. The minimum Gasteiger partial charge on any atom is -0.497 e. The lowest BCUT2D eigenvalue weighted by Crippen LogP contribution is -2.22. The number of rotatable bonds is 5. The number of benzene rings is 2.